The van der Waals surface area contributed by atoms with E-state index in [1.165, 1.54) is 41.0 Å². The number of nitrogens with one attached hydrogen (secondary N) is 1. The molecule has 1 amide bonds. The molecule has 0 radical (unpaired) electrons. The molecule has 0 aromatic heterocycles. The van der Waals surface area contributed by atoms with E-state index in [0.29, 0.717) is 15.8 Å². The fourth-order valence-corrected chi connectivity index (χ4v) is 5.26. The Morgan fingerprint density at radius 2 is 1.66 bits per heavy atom. The highest BCUT2D eigenvalue weighted by atomic mass is 32.2. The van der Waals surface area contributed by atoms with Crippen LogP contribution in [0.4, 0.5) is 0 Å². The molecule has 3 aromatic carbocycles. The van der Waals surface area contributed by atoms with Gasteiger partial charge in [-0.1, -0.05) is 66.2 Å². The highest BCUT2D eigenvalue weighted by molar-refractivity contribution is 8.27. The molecule has 0 bridgehead atoms. The third-order valence-corrected chi connectivity index (χ3v) is 7.41. The molecule has 0 aliphatic carbocycles. The van der Waals surface area contributed by atoms with Gasteiger partial charge in [0.1, 0.15) is 15.7 Å². The zero-order chi connectivity index (χ0) is 24.6. The number of aliphatic imine (C=N–C) groups is 1. The van der Waals surface area contributed by atoms with Gasteiger partial charge in [0.25, 0.3) is 5.91 Å². The summed E-state index contributed by atoms with van der Waals surface area (Å²) in [7, 11) is -4.09. The summed E-state index contributed by atoms with van der Waals surface area (Å²) in [6.45, 7) is 1.98. The lowest BCUT2D eigenvalue weighted by atomic mass is 10.1. The largest absolute Gasteiger partial charge is 0.378 e. The summed E-state index contributed by atoms with van der Waals surface area (Å²) in [6, 6.07) is 21.9. The van der Waals surface area contributed by atoms with E-state index in [-0.39, 0.29) is 22.1 Å². The Bertz CT molecular complexity index is 1540. The molecule has 10 heteroatoms. The molecule has 0 fully saturated rings. The highest BCUT2D eigenvalue weighted by Crippen LogP contribution is 2.32. The number of hydrogen-bond acceptors (Lipinski definition) is 7. The minimum Gasteiger partial charge on any atom is -0.378 e. The lowest BCUT2D eigenvalue weighted by Crippen LogP contribution is -2.35. The Balaban J connectivity index is 1.47. The molecule has 5 rings (SSSR count). The first kappa shape index (κ1) is 22.8. The van der Waals surface area contributed by atoms with Crippen LogP contribution < -0.4 is 4.18 Å². The van der Waals surface area contributed by atoms with Gasteiger partial charge in [-0.2, -0.15) is 23.5 Å². The Hall–Kier alpha value is -4.02. The number of carbonyl (C=O) groups is 1. The molecule has 8 nitrogen and oxygen atoms in total. The fourth-order valence-electron chi connectivity index (χ4n) is 3.39. The van der Waals surface area contributed by atoms with E-state index in [9.17, 15) is 13.2 Å². The molecule has 0 saturated heterocycles. The molecule has 0 spiro atoms. The summed E-state index contributed by atoms with van der Waals surface area (Å²) in [4.78, 5) is 16.9. The topological polar surface area (TPSA) is 112 Å². The van der Waals surface area contributed by atoms with Crippen molar-refractivity contribution in [2.45, 2.75) is 11.8 Å². The van der Waals surface area contributed by atoms with E-state index in [4.69, 9.17) is 9.59 Å². The van der Waals surface area contributed by atoms with Crippen molar-refractivity contribution in [2.75, 3.05) is 0 Å². The number of benzene rings is 3. The first-order valence-electron chi connectivity index (χ1n) is 10.5. The first-order valence-corrected chi connectivity index (χ1v) is 12.7. The van der Waals surface area contributed by atoms with E-state index in [1.54, 1.807) is 36.4 Å². The quantitative estimate of drug-likeness (QED) is 0.408. The Morgan fingerprint density at radius 1 is 0.971 bits per heavy atom. The van der Waals surface area contributed by atoms with Crippen molar-refractivity contribution in [3.63, 3.8) is 0 Å². The molecule has 3 aromatic rings. The number of para-hydroxylation sites is 1. The number of thioether (sulfide) groups is 1. The van der Waals surface area contributed by atoms with Crippen molar-refractivity contribution in [3.8, 4) is 5.75 Å². The van der Waals surface area contributed by atoms with Crippen LogP contribution in [0.3, 0.4) is 0 Å². The predicted octanol–water partition coefficient (Wildman–Crippen LogP) is 4.43. The number of amides is 1. The molecule has 35 heavy (non-hydrogen) atoms. The van der Waals surface area contributed by atoms with Crippen LogP contribution in [-0.4, -0.2) is 35.4 Å². The van der Waals surface area contributed by atoms with Gasteiger partial charge in [-0.15, -0.1) is 0 Å². The van der Waals surface area contributed by atoms with Gasteiger partial charge >= 0.3 is 10.1 Å². The molecule has 174 valence electrons. The van der Waals surface area contributed by atoms with Gasteiger partial charge in [0.05, 0.1) is 5.57 Å². The summed E-state index contributed by atoms with van der Waals surface area (Å²) in [5.41, 5.74) is 2.24. The summed E-state index contributed by atoms with van der Waals surface area (Å²) >= 11 is 1.21. The minimum absolute atomic E-state index is 0.00486. The molecule has 1 N–H and O–H groups in total. The zero-order valence-electron chi connectivity index (χ0n) is 18.4. The van der Waals surface area contributed by atoms with Gasteiger partial charge in [0.2, 0.25) is 5.17 Å². The first-order chi connectivity index (χ1) is 16.8. The van der Waals surface area contributed by atoms with Crippen LogP contribution in [0.1, 0.15) is 16.7 Å². The van der Waals surface area contributed by atoms with Crippen molar-refractivity contribution in [3.05, 3.63) is 101 Å². The van der Waals surface area contributed by atoms with E-state index < -0.39 is 16.0 Å². The van der Waals surface area contributed by atoms with E-state index >= 15 is 0 Å². The van der Waals surface area contributed by atoms with E-state index in [1.807, 2.05) is 31.2 Å². The van der Waals surface area contributed by atoms with Gasteiger partial charge in [0, 0.05) is 11.1 Å². The Morgan fingerprint density at radius 3 is 2.40 bits per heavy atom. The number of rotatable bonds is 5. The fraction of sp³-hybridized carbons (Fsp3) is 0.0400. The molecule has 0 atom stereocenters. The summed E-state index contributed by atoms with van der Waals surface area (Å²) in [5.74, 6) is -0.746. The SMILES string of the molecule is Cc1ccc(C2=NN3C(=N)C(=Cc4ccccc4OS(=O)(=O)c4ccccc4)C(=O)N=C3S2)cc1. The second kappa shape index (κ2) is 8.97. The maximum Gasteiger partial charge on any atom is 0.339 e. The molecule has 2 heterocycles. The van der Waals surface area contributed by atoms with Gasteiger partial charge in [-0.05, 0) is 43.0 Å². The van der Waals surface area contributed by atoms with E-state index in [2.05, 4.69) is 10.1 Å². The van der Waals surface area contributed by atoms with Crippen LogP contribution in [0.5, 0.6) is 5.75 Å². The van der Waals surface area contributed by atoms with Crippen molar-refractivity contribution < 1.29 is 17.4 Å². The predicted molar refractivity (Wildman–Crippen MR) is 136 cm³/mol. The Labute approximate surface area is 206 Å². The average molecular weight is 503 g/mol. The smallest absolute Gasteiger partial charge is 0.339 e. The third-order valence-electron chi connectivity index (χ3n) is 5.20. The van der Waals surface area contributed by atoms with Crippen molar-refractivity contribution in [2.24, 2.45) is 10.1 Å². The normalized spacial score (nSPS) is 16.7. The average Bonchev–Trinajstić information content (AvgIpc) is 3.28. The lowest BCUT2D eigenvalue weighted by molar-refractivity contribution is -0.114. The van der Waals surface area contributed by atoms with Gasteiger partial charge in [-0.25, -0.2) is 0 Å². The summed E-state index contributed by atoms with van der Waals surface area (Å²) < 4.78 is 30.8. The summed E-state index contributed by atoms with van der Waals surface area (Å²) in [5, 5.41) is 15.3. The monoisotopic (exact) mass is 502 g/mol. The third kappa shape index (κ3) is 4.53. The molecular weight excluding hydrogens is 484 g/mol. The number of hydrogen-bond donors (Lipinski definition) is 1. The van der Waals surface area contributed by atoms with Crippen LogP contribution >= 0.6 is 11.8 Å². The number of aryl methyl sites for hydroxylation is 1. The number of carbonyl (C=O) groups excluding carboxylic acids is 1. The van der Waals surface area contributed by atoms with Crippen LogP contribution in [-0.2, 0) is 14.9 Å². The molecule has 2 aliphatic rings. The van der Waals surface area contributed by atoms with Crippen molar-refractivity contribution >= 4 is 49.9 Å². The van der Waals surface area contributed by atoms with Crippen LogP contribution in [0.2, 0.25) is 0 Å². The highest BCUT2D eigenvalue weighted by Gasteiger charge is 2.36. The van der Waals surface area contributed by atoms with Crippen LogP contribution in [0.15, 0.2) is 99.4 Å². The van der Waals surface area contributed by atoms with Gasteiger partial charge < -0.3 is 4.18 Å². The number of hydrazone groups is 1. The van der Waals surface area contributed by atoms with Gasteiger partial charge in [-0.3, -0.25) is 10.2 Å². The molecule has 0 saturated carbocycles. The number of nitrogens with zero attached hydrogens (tertiary/aromatic N) is 3. The van der Waals surface area contributed by atoms with Gasteiger partial charge in [0.15, 0.2) is 5.84 Å². The molecular formula is C25H18N4O4S2. The molecule has 2 aliphatic heterocycles. The second-order valence-electron chi connectivity index (χ2n) is 7.68. The Kier molecular flexibility index (Phi) is 5.83. The van der Waals surface area contributed by atoms with Crippen LogP contribution in [0.25, 0.3) is 6.08 Å². The maximum atomic E-state index is 12.8. The summed E-state index contributed by atoms with van der Waals surface area (Å²) in [6.07, 6.45) is 1.39. The van der Waals surface area contributed by atoms with Crippen molar-refractivity contribution in [1.82, 2.24) is 5.01 Å². The number of fused-ring (bicyclic) bond motifs is 1. The van der Waals surface area contributed by atoms with Crippen molar-refractivity contribution in [1.29, 1.82) is 5.41 Å². The van der Waals surface area contributed by atoms with E-state index in [0.717, 1.165) is 11.1 Å². The molecule has 0 unspecified atom stereocenters. The van der Waals surface area contributed by atoms with Crippen LogP contribution in [0, 0.1) is 12.3 Å². The lowest BCUT2D eigenvalue weighted by Gasteiger charge is -2.20. The standard InChI is InChI=1S/C25H18N4O4S2/c1-16-11-13-17(14-12-16)24-28-29-22(26)20(23(30)27-25(29)34-24)15-18-7-5-6-10-21(18)33-35(31,32)19-8-3-2-4-9-19/h2-15,26H,1H3. The number of amidine groups is 2. The zero-order valence-corrected chi connectivity index (χ0v) is 20.0. The second-order valence-corrected chi connectivity index (χ2v) is 10.2. The minimum atomic E-state index is -4.09. The maximum absolute atomic E-state index is 12.8.